The zero-order valence-corrected chi connectivity index (χ0v) is 12.1. The van der Waals surface area contributed by atoms with Crippen LogP contribution in [0.5, 0.6) is 0 Å². The molecule has 6 heteroatoms. The number of tetrazole rings is 1. The Kier molecular flexibility index (Phi) is 3.87. The molecule has 0 bridgehead atoms. The molecular weight excluding hydrogens is 274 g/mol. The van der Waals surface area contributed by atoms with Crippen LogP contribution in [0.3, 0.4) is 0 Å². The highest BCUT2D eigenvalue weighted by Gasteiger charge is 2.18. The molecule has 20 heavy (non-hydrogen) atoms. The van der Waals surface area contributed by atoms with E-state index in [1.165, 1.54) is 32.1 Å². The molecule has 106 valence electrons. The Bertz CT molecular complexity index is 589. The van der Waals surface area contributed by atoms with Crippen molar-refractivity contribution in [1.29, 1.82) is 0 Å². The number of benzene rings is 1. The summed E-state index contributed by atoms with van der Waals surface area (Å²) in [6.45, 7) is 0.864. The Labute approximate surface area is 123 Å². The number of nitrogens with two attached hydrogens (primary N) is 1. The Morgan fingerprint density at radius 1 is 1.25 bits per heavy atom. The molecule has 0 spiro atoms. The van der Waals surface area contributed by atoms with Gasteiger partial charge in [0.15, 0.2) is 5.82 Å². The van der Waals surface area contributed by atoms with Crippen molar-refractivity contribution in [3.05, 3.63) is 23.2 Å². The molecule has 0 atom stereocenters. The molecule has 5 nitrogen and oxygen atoms in total. The second-order valence-corrected chi connectivity index (χ2v) is 5.84. The highest BCUT2D eigenvalue weighted by atomic mass is 35.5. The molecule has 1 aromatic carbocycles. The van der Waals surface area contributed by atoms with Crippen LogP contribution >= 0.6 is 11.6 Å². The average Bonchev–Trinajstić information content (AvgIpc) is 2.88. The lowest BCUT2D eigenvalue weighted by Crippen LogP contribution is -2.16. The Hall–Kier alpha value is -1.62. The SMILES string of the molecule is Nc1ccc(-c2nnnn2CC2CCCCC2)c(Cl)c1. The molecule has 0 unspecified atom stereocenters. The standard InChI is InChI=1S/C14H18ClN5/c15-13-8-11(16)6-7-12(13)14-17-18-19-20(14)9-10-4-2-1-3-5-10/h6-8,10H,1-5,9,16H2. The summed E-state index contributed by atoms with van der Waals surface area (Å²) in [6, 6.07) is 5.43. The van der Waals surface area contributed by atoms with E-state index in [2.05, 4.69) is 15.5 Å². The summed E-state index contributed by atoms with van der Waals surface area (Å²) in [4.78, 5) is 0. The monoisotopic (exact) mass is 291 g/mol. The van der Waals surface area contributed by atoms with Crippen LogP contribution in [0.2, 0.25) is 5.02 Å². The lowest BCUT2D eigenvalue weighted by Gasteiger charge is -2.21. The minimum Gasteiger partial charge on any atom is -0.399 e. The fourth-order valence-electron chi connectivity index (χ4n) is 2.85. The third kappa shape index (κ3) is 2.77. The predicted octanol–water partition coefficient (Wildman–Crippen LogP) is 3.16. The zero-order chi connectivity index (χ0) is 13.9. The van der Waals surface area contributed by atoms with Crippen molar-refractivity contribution in [2.45, 2.75) is 38.6 Å². The van der Waals surface area contributed by atoms with Crippen LogP contribution in [0, 0.1) is 5.92 Å². The first-order chi connectivity index (χ1) is 9.74. The van der Waals surface area contributed by atoms with Gasteiger partial charge in [0.2, 0.25) is 0 Å². The number of nitrogen functional groups attached to an aromatic ring is 1. The number of hydrogen-bond acceptors (Lipinski definition) is 4. The van der Waals surface area contributed by atoms with Gasteiger partial charge in [-0.15, -0.1) is 5.10 Å². The third-order valence-corrected chi connectivity index (χ3v) is 4.23. The predicted molar refractivity (Wildman–Crippen MR) is 79.3 cm³/mol. The average molecular weight is 292 g/mol. The van der Waals surface area contributed by atoms with Crippen LogP contribution in [0.4, 0.5) is 5.69 Å². The molecular formula is C14H18ClN5. The summed E-state index contributed by atoms with van der Waals surface area (Å²) in [5, 5.41) is 12.6. The first-order valence-electron chi connectivity index (χ1n) is 7.05. The van der Waals surface area contributed by atoms with Gasteiger partial charge in [0.1, 0.15) is 0 Å². The van der Waals surface area contributed by atoms with Gasteiger partial charge in [0.05, 0.1) is 5.02 Å². The number of aromatic nitrogens is 4. The highest BCUT2D eigenvalue weighted by molar-refractivity contribution is 6.33. The lowest BCUT2D eigenvalue weighted by molar-refractivity contribution is 0.307. The van der Waals surface area contributed by atoms with Gasteiger partial charge >= 0.3 is 0 Å². The minimum atomic E-state index is 0.588. The number of halogens is 1. The van der Waals surface area contributed by atoms with Crippen molar-refractivity contribution in [3.63, 3.8) is 0 Å². The summed E-state index contributed by atoms with van der Waals surface area (Å²) in [6.07, 6.45) is 6.49. The summed E-state index contributed by atoms with van der Waals surface area (Å²) in [7, 11) is 0. The molecule has 1 aliphatic carbocycles. The van der Waals surface area contributed by atoms with E-state index >= 15 is 0 Å². The Balaban J connectivity index is 1.85. The molecule has 1 heterocycles. The normalized spacial score (nSPS) is 16.4. The number of hydrogen-bond donors (Lipinski definition) is 1. The van der Waals surface area contributed by atoms with Crippen molar-refractivity contribution >= 4 is 17.3 Å². The van der Waals surface area contributed by atoms with Gasteiger partial charge in [-0.25, -0.2) is 4.68 Å². The molecule has 1 fully saturated rings. The van der Waals surface area contributed by atoms with E-state index in [0.717, 1.165) is 17.9 Å². The van der Waals surface area contributed by atoms with E-state index in [9.17, 15) is 0 Å². The second-order valence-electron chi connectivity index (χ2n) is 5.43. The molecule has 2 N–H and O–H groups in total. The van der Waals surface area contributed by atoms with Gasteiger partial charge in [-0.2, -0.15) is 0 Å². The molecule has 0 saturated heterocycles. The van der Waals surface area contributed by atoms with Crippen LogP contribution in [0.25, 0.3) is 11.4 Å². The molecule has 1 aliphatic rings. The summed E-state index contributed by atoms with van der Waals surface area (Å²) in [5.74, 6) is 1.39. The van der Waals surface area contributed by atoms with Gasteiger partial charge in [-0.1, -0.05) is 30.9 Å². The maximum Gasteiger partial charge on any atom is 0.183 e. The summed E-state index contributed by atoms with van der Waals surface area (Å²) < 4.78 is 1.87. The largest absolute Gasteiger partial charge is 0.399 e. The van der Waals surface area contributed by atoms with Crippen molar-refractivity contribution in [3.8, 4) is 11.4 Å². The van der Waals surface area contributed by atoms with E-state index in [1.54, 1.807) is 6.07 Å². The van der Waals surface area contributed by atoms with Gasteiger partial charge in [-0.05, 0) is 47.4 Å². The highest BCUT2D eigenvalue weighted by Crippen LogP contribution is 2.30. The van der Waals surface area contributed by atoms with E-state index in [-0.39, 0.29) is 0 Å². The Morgan fingerprint density at radius 3 is 2.80 bits per heavy atom. The molecule has 0 amide bonds. The van der Waals surface area contributed by atoms with Crippen molar-refractivity contribution < 1.29 is 0 Å². The maximum atomic E-state index is 6.25. The van der Waals surface area contributed by atoms with E-state index in [4.69, 9.17) is 17.3 Å². The zero-order valence-electron chi connectivity index (χ0n) is 11.3. The number of nitrogens with zero attached hydrogens (tertiary/aromatic N) is 4. The first kappa shape index (κ1) is 13.4. The van der Waals surface area contributed by atoms with Gasteiger partial charge in [0.25, 0.3) is 0 Å². The van der Waals surface area contributed by atoms with E-state index in [1.807, 2.05) is 16.8 Å². The molecule has 2 aromatic rings. The topological polar surface area (TPSA) is 69.6 Å². The Morgan fingerprint density at radius 2 is 2.05 bits per heavy atom. The quantitative estimate of drug-likeness (QED) is 0.882. The van der Waals surface area contributed by atoms with Crippen LogP contribution in [0.1, 0.15) is 32.1 Å². The smallest absolute Gasteiger partial charge is 0.183 e. The van der Waals surface area contributed by atoms with E-state index < -0.39 is 0 Å². The molecule has 1 saturated carbocycles. The van der Waals surface area contributed by atoms with Crippen LogP contribution < -0.4 is 5.73 Å². The minimum absolute atomic E-state index is 0.588. The summed E-state index contributed by atoms with van der Waals surface area (Å²) >= 11 is 6.25. The van der Waals surface area contributed by atoms with Crippen molar-refractivity contribution in [2.24, 2.45) is 5.92 Å². The molecule has 3 rings (SSSR count). The van der Waals surface area contributed by atoms with E-state index in [0.29, 0.717) is 16.6 Å². The van der Waals surface area contributed by atoms with Crippen molar-refractivity contribution in [2.75, 3.05) is 5.73 Å². The van der Waals surface area contributed by atoms with Gasteiger partial charge in [0, 0.05) is 17.8 Å². The van der Waals surface area contributed by atoms with Crippen molar-refractivity contribution in [1.82, 2.24) is 20.2 Å². The molecule has 1 aromatic heterocycles. The summed E-state index contributed by atoms with van der Waals surface area (Å²) in [5.41, 5.74) is 7.20. The second kappa shape index (κ2) is 5.79. The van der Waals surface area contributed by atoms with Crippen LogP contribution in [-0.4, -0.2) is 20.2 Å². The third-order valence-electron chi connectivity index (χ3n) is 3.92. The molecule has 0 radical (unpaired) electrons. The molecule has 0 aliphatic heterocycles. The number of anilines is 1. The first-order valence-corrected chi connectivity index (χ1v) is 7.43. The van der Waals surface area contributed by atoms with Gasteiger partial charge in [-0.3, -0.25) is 0 Å². The maximum absolute atomic E-state index is 6.25. The lowest BCUT2D eigenvalue weighted by atomic mass is 9.89. The van der Waals surface area contributed by atoms with Crippen LogP contribution in [-0.2, 0) is 6.54 Å². The fourth-order valence-corrected chi connectivity index (χ4v) is 3.12. The van der Waals surface area contributed by atoms with Gasteiger partial charge < -0.3 is 5.73 Å². The fraction of sp³-hybridized carbons (Fsp3) is 0.500. The van der Waals surface area contributed by atoms with Crippen LogP contribution in [0.15, 0.2) is 18.2 Å². The number of rotatable bonds is 3.